The van der Waals surface area contributed by atoms with Crippen LogP contribution in [0.3, 0.4) is 0 Å². The zero-order valence-electron chi connectivity index (χ0n) is 7.16. The molecule has 12 heavy (non-hydrogen) atoms. The Morgan fingerprint density at radius 2 is 2.67 bits per heavy atom. The van der Waals surface area contributed by atoms with Crippen molar-refractivity contribution in [2.75, 3.05) is 33.4 Å². The van der Waals surface area contributed by atoms with Gasteiger partial charge < -0.3 is 14.4 Å². The summed E-state index contributed by atoms with van der Waals surface area (Å²) in [6.45, 7) is 2.69. The van der Waals surface area contributed by atoms with Gasteiger partial charge in [-0.25, -0.2) is 4.79 Å². The summed E-state index contributed by atoms with van der Waals surface area (Å²) < 4.78 is 10.3. The predicted octanol–water partition coefficient (Wildman–Crippen LogP) is -0.321. The maximum absolute atomic E-state index is 10.0. The molecule has 0 N–H and O–H groups in total. The number of rotatable bonds is 3. The average Bonchev–Trinajstić information content (AvgIpc) is 2.06. The Balaban J connectivity index is 2.34. The third-order valence-electron chi connectivity index (χ3n) is 1.76. The lowest BCUT2D eigenvalue weighted by molar-refractivity contribution is -0.0487. The largest absolute Gasteiger partial charge is 0.382 e. The van der Waals surface area contributed by atoms with Crippen LogP contribution in [0, 0.1) is 0 Å². The fourth-order valence-electron chi connectivity index (χ4n) is 1.22. The molecule has 0 aliphatic carbocycles. The van der Waals surface area contributed by atoms with Gasteiger partial charge in [-0.05, 0) is 0 Å². The fraction of sp³-hybridized carbons (Fsp3) is 0.750. The summed E-state index contributed by atoms with van der Waals surface area (Å²) in [7, 11) is 1.64. The molecule has 0 aromatic carbocycles. The number of hydrogen-bond acceptors (Lipinski definition) is 4. The summed E-state index contributed by atoms with van der Waals surface area (Å²) in [5.74, 6) is 1.75. The molecule has 4 nitrogen and oxygen atoms in total. The van der Waals surface area contributed by atoms with Crippen molar-refractivity contribution in [1.29, 1.82) is 0 Å². The number of methoxy groups -OCH3 is 1. The first-order chi connectivity index (χ1) is 5.86. The smallest absolute Gasteiger partial charge is 0.142 e. The van der Waals surface area contributed by atoms with Crippen LogP contribution in [-0.2, 0) is 14.3 Å². The Labute approximate surface area is 71.7 Å². The van der Waals surface area contributed by atoms with Crippen LogP contribution in [0.2, 0.25) is 0 Å². The Hall–Kier alpha value is -0.830. The van der Waals surface area contributed by atoms with E-state index in [0.29, 0.717) is 19.8 Å². The van der Waals surface area contributed by atoms with E-state index in [9.17, 15) is 4.79 Å². The Kier molecular flexibility index (Phi) is 3.80. The third kappa shape index (κ3) is 2.66. The van der Waals surface area contributed by atoms with Crippen LogP contribution in [0.25, 0.3) is 0 Å². The molecule has 0 aromatic rings. The molecule has 0 radical (unpaired) electrons. The fourth-order valence-corrected chi connectivity index (χ4v) is 1.22. The highest BCUT2D eigenvalue weighted by Gasteiger charge is 2.17. The SMILES string of the molecule is COCC1CN(C=C=O)CCO1. The maximum Gasteiger partial charge on any atom is 0.142 e. The van der Waals surface area contributed by atoms with E-state index in [1.54, 1.807) is 13.1 Å². The highest BCUT2D eigenvalue weighted by molar-refractivity contribution is 5.44. The van der Waals surface area contributed by atoms with Gasteiger partial charge in [-0.15, -0.1) is 0 Å². The molecule has 68 valence electrons. The molecule has 1 heterocycles. The van der Waals surface area contributed by atoms with Crippen molar-refractivity contribution >= 4 is 5.94 Å². The summed E-state index contributed by atoms with van der Waals surface area (Å²) >= 11 is 0. The normalized spacial score (nSPS) is 23.4. The van der Waals surface area contributed by atoms with Gasteiger partial charge in [-0.2, -0.15) is 0 Å². The second-order valence-corrected chi connectivity index (χ2v) is 2.69. The van der Waals surface area contributed by atoms with E-state index in [1.807, 2.05) is 4.90 Å². The molecule has 1 aliphatic heterocycles. The van der Waals surface area contributed by atoms with E-state index in [2.05, 4.69) is 0 Å². The Morgan fingerprint density at radius 1 is 1.83 bits per heavy atom. The summed E-state index contributed by atoms with van der Waals surface area (Å²) in [6.07, 6.45) is 1.50. The summed E-state index contributed by atoms with van der Waals surface area (Å²) in [5.41, 5.74) is 0. The molecule has 0 amide bonds. The van der Waals surface area contributed by atoms with Crippen molar-refractivity contribution in [3.8, 4) is 0 Å². The number of hydrogen-bond donors (Lipinski definition) is 0. The van der Waals surface area contributed by atoms with Gasteiger partial charge in [-0.1, -0.05) is 0 Å². The molecule has 1 saturated heterocycles. The molecule has 1 fully saturated rings. The Morgan fingerprint density at radius 3 is 3.33 bits per heavy atom. The minimum Gasteiger partial charge on any atom is -0.382 e. The molecule has 1 rings (SSSR count). The van der Waals surface area contributed by atoms with Crippen LogP contribution in [0.5, 0.6) is 0 Å². The van der Waals surface area contributed by atoms with Gasteiger partial charge in [0.15, 0.2) is 0 Å². The molecular weight excluding hydrogens is 158 g/mol. The van der Waals surface area contributed by atoms with Crippen LogP contribution in [-0.4, -0.2) is 50.4 Å². The van der Waals surface area contributed by atoms with E-state index in [-0.39, 0.29) is 6.10 Å². The van der Waals surface area contributed by atoms with Gasteiger partial charge in [0, 0.05) is 20.2 Å². The predicted molar refractivity (Wildman–Crippen MR) is 43.5 cm³/mol. The molecule has 1 atom stereocenters. The highest BCUT2D eigenvalue weighted by Crippen LogP contribution is 2.04. The lowest BCUT2D eigenvalue weighted by Gasteiger charge is -2.30. The number of ether oxygens (including phenoxy) is 2. The molecule has 4 heteroatoms. The summed E-state index contributed by atoms with van der Waals surface area (Å²) in [4.78, 5) is 11.9. The average molecular weight is 171 g/mol. The molecule has 0 bridgehead atoms. The van der Waals surface area contributed by atoms with E-state index in [4.69, 9.17) is 9.47 Å². The van der Waals surface area contributed by atoms with Gasteiger partial charge in [0.1, 0.15) is 5.94 Å². The van der Waals surface area contributed by atoms with Crippen molar-refractivity contribution in [2.45, 2.75) is 6.10 Å². The monoisotopic (exact) mass is 171 g/mol. The van der Waals surface area contributed by atoms with Crippen molar-refractivity contribution < 1.29 is 14.3 Å². The lowest BCUT2D eigenvalue weighted by atomic mass is 10.3. The third-order valence-corrected chi connectivity index (χ3v) is 1.76. The standard InChI is InChI=1S/C8H13NO3/c1-11-7-8-6-9(2-4-10)3-5-12-8/h2,8H,3,5-7H2,1H3. The van der Waals surface area contributed by atoms with Crippen LogP contribution in [0.1, 0.15) is 0 Å². The van der Waals surface area contributed by atoms with Gasteiger partial charge in [0.05, 0.1) is 25.5 Å². The Bertz CT molecular complexity index is 175. The van der Waals surface area contributed by atoms with Crippen molar-refractivity contribution in [3.63, 3.8) is 0 Å². The quantitative estimate of drug-likeness (QED) is 0.545. The molecular formula is C8H13NO3. The van der Waals surface area contributed by atoms with Crippen molar-refractivity contribution in [3.05, 3.63) is 6.20 Å². The maximum atomic E-state index is 10.0. The van der Waals surface area contributed by atoms with Crippen LogP contribution < -0.4 is 0 Å². The van der Waals surface area contributed by atoms with Gasteiger partial charge in [0.25, 0.3) is 0 Å². The van der Waals surface area contributed by atoms with E-state index in [1.165, 1.54) is 6.20 Å². The van der Waals surface area contributed by atoms with E-state index in [0.717, 1.165) is 6.54 Å². The summed E-state index contributed by atoms with van der Waals surface area (Å²) in [5, 5.41) is 0. The number of morpholine rings is 1. The lowest BCUT2D eigenvalue weighted by Crippen LogP contribution is -2.41. The van der Waals surface area contributed by atoms with Crippen LogP contribution in [0.4, 0.5) is 0 Å². The highest BCUT2D eigenvalue weighted by atomic mass is 16.5. The minimum absolute atomic E-state index is 0.0772. The first-order valence-corrected chi connectivity index (χ1v) is 3.92. The molecule has 0 saturated carbocycles. The van der Waals surface area contributed by atoms with Crippen LogP contribution >= 0.6 is 0 Å². The van der Waals surface area contributed by atoms with Gasteiger partial charge >= 0.3 is 0 Å². The van der Waals surface area contributed by atoms with Gasteiger partial charge in [-0.3, -0.25) is 0 Å². The van der Waals surface area contributed by atoms with Gasteiger partial charge in [0.2, 0.25) is 0 Å². The number of nitrogens with zero attached hydrogens (tertiary/aromatic N) is 1. The van der Waals surface area contributed by atoms with E-state index >= 15 is 0 Å². The minimum atomic E-state index is 0.0772. The molecule has 1 unspecified atom stereocenters. The second kappa shape index (κ2) is 4.93. The van der Waals surface area contributed by atoms with E-state index < -0.39 is 0 Å². The second-order valence-electron chi connectivity index (χ2n) is 2.69. The van der Waals surface area contributed by atoms with Crippen molar-refractivity contribution in [1.82, 2.24) is 4.90 Å². The zero-order valence-corrected chi connectivity index (χ0v) is 7.16. The van der Waals surface area contributed by atoms with Crippen molar-refractivity contribution in [2.24, 2.45) is 0 Å². The topological polar surface area (TPSA) is 38.8 Å². The zero-order chi connectivity index (χ0) is 8.81. The molecule has 0 spiro atoms. The first-order valence-electron chi connectivity index (χ1n) is 3.92. The summed E-state index contributed by atoms with van der Waals surface area (Å²) in [6, 6.07) is 0. The molecule has 0 aromatic heterocycles. The molecule has 1 aliphatic rings. The van der Waals surface area contributed by atoms with Crippen LogP contribution in [0.15, 0.2) is 6.20 Å². The number of carbonyl (C=O) groups excluding carboxylic acids is 1. The first kappa shape index (κ1) is 9.26.